The van der Waals surface area contributed by atoms with Gasteiger partial charge in [0.1, 0.15) is 0 Å². The lowest BCUT2D eigenvalue weighted by atomic mass is 10.1. The smallest absolute Gasteiger partial charge is 0.280 e. The molecule has 0 saturated heterocycles. The number of nitrogens with two attached hydrogens (primary N) is 1. The highest BCUT2D eigenvalue weighted by Gasteiger charge is 2.14. The SMILES string of the molecule is Nc1nccnc1-c1nc(Cc2ccccc2Cl)no1. The summed E-state index contributed by atoms with van der Waals surface area (Å²) in [6.07, 6.45) is 3.49. The van der Waals surface area contributed by atoms with E-state index in [0.717, 1.165) is 5.56 Å². The van der Waals surface area contributed by atoms with Crippen LogP contribution in [-0.2, 0) is 6.42 Å². The summed E-state index contributed by atoms with van der Waals surface area (Å²) in [4.78, 5) is 12.3. The fraction of sp³-hybridized carbons (Fsp3) is 0.0769. The Morgan fingerprint density at radius 2 is 1.95 bits per heavy atom. The monoisotopic (exact) mass is 287 g/mol. The Hall–Kier alpha value is -2.47. The maximum Gasteiger partial charge on any atom is 0.280 e. The largest absolute Gasteiger partial charge is 0.382 e. The lowest BCUT2D eigenvalue weighted by molar-refractivity contribution is 0.422. The molecule has 0 unspecified atom stereocenters. The van der Waals surface area contributed by atoms with E-state index < -0.39 is 0 Å². The van der Waals surface area contributed by atoms with E-state index in [1.165, 1.54) is 12.4 Å². The summed E-state index contributed by atoms with van der Waals surface area (Å²) in [7, 11) is 0. The van der Waals surface area contributed by atoms with Crippen molar-refractivity contribution in [1.82, 2.24) is 20.1 Å². The highest BCUT2D eigenvalue weighted by atomic mass is 35.5. The Labute approximate surface area is 119 Å². The lowest BCUT2D eigenvalue weighted by Crippen LogP contribution is -1.96. The van der Waals surface area contributed by atoms with Gasteiger partial charge in [-0.15, -0.1) is 0 Å². The van der Waals surface area contributed by atoms with Crippen LogP contribution < -0.4 is 5.73 Å². The van der Waals surface area contributed by atoms with Gasteiger partial charge in [0, 0.05) is 23.8 Å². The molecule has 1 aromatic carbocycles. The molecule has 2 aromatic heterocycles. The Morgan fingerprint density at radius 3 is 2.75 bits per heavy atom. The fourth-order valence-electron chi connectivity index (χ4n) is 1.75. The molecular weight excluding hydrogens is 278 g/mol. The first-order chi connectivity index (χ1) is 9.74. The summed E-state index contributed by atoms with van der Waals surface area (Å²) in [5.74, 6) is 1.01. The minimum absolute atomic E-state index is 0.248. The standard InChI is InChI=1S/C13H10ClN5O/c14-9-4-2-1-3-8(9)7-10-18-13(20-19-10)11-12(15)17-6-5-16-11/h1-6H,7H2,(H2,15,17). The topological polar surface area (TPSA) is 90.7 Å². The van der Waals surface area contributed by atoms with Crippen LogP contribution in [0, 0.1) is 0 Å². The van der Waals surface area contributed by atoms with Gasteiger partial charge in [-0.2, -0.15) is 4.98 Å². The van der Waals surface area contributed by atoms with E-state index in [1.807, 2.05) is 24.3 Å². The third kappa shape index (κ3) is 2.46. The van der Waals surface area contributed by atoms with Crippen molar-refractivity contribution in [1.29, 1.82) is 0 Å². The number of aromatic nitrogens is 4. The van der Waals surface area contributed by atoms with Crippen LogP contribution in [0.3, 0.4) is 0 Å². The average Bonchev–Trinajstić information content (AvgIpc) is 2.90. The van der Waals surface area contributed by atoms with E-state index >= 15 is 0 Å². The van der Waals surface area contributed by atoms with Crippen LogP contribution in [-0.4, -0.2) is 20.1 Å². The van der Waals surface area contributed by atoms with E-state index in [9.17, 15) is 0 Å². The van der Waals surface area contributed by atoms with Crippen LogP contribution in [0.2, 0.25) is 5.02 Å². The highest BCUT2D eigenvalue weighted by molar-refractivity contribution is 6.31. The zero-order chi connectivity index (χ0) is 13.9. The van der Waals surface area contributed by atoms with Crippen molar-refractivity contribution in [2.45, 2.75) is 6.42 Å². The van der Waals surface area contributed by atoms with Gasteiger partial charge in [-0.05, 0) is 11.6 Å². The molecule has 2 heterocycles. The predicted molar refractivity (Wildman–Crippen MR) is 74.0 cm³/mol. The number of benzene rings is 1. The first-order valence-corrected chi connectivity index (χ1v) is 6.24. The Balaban J connectivity index is 1.88. The van der Waals surface area contributed by atoms with Gasteiger partial charge in [0.2, 0.25) is 0 Å². The maximum absolute atomic E-state index is 6.09. The molecule has 0 aliphatic rings. The molecule has 100 valence electrons. The van der Waals surface area contributed by atoms with Crippen LogP contribution in [0.4, 0.5) is 5.82 Å². The molecule has 20 heavy (non-hydrogen) atoms. The lowest BCUT2D eigenvalue weighted by Gasteiger charge is -1.99. The van der Waals surface area contributed by atoms with Gasteiger partial charge in [-0.25, -0.2) is 9.97 Å². The summed E-state index contributed by atoms with van der Waals surface area (Å²) in [5, 5.41) is 4.57. The van der Waals surface area contributed by atoms with Crippen LogP contribution in [0.25, 0.3) is 11.6 Å². The third-order valence-electron chi connectivity index (χ3n) is 2.70. The second-order valence-electron chi connectivity index (χ2n) is 4.07. The number of nitrogen functional groups attached to an aromatic ring is 1. The molecular formula is C13H10ClN5O. The molecule has 0 amide bonds. The van der Waals surface area contributed by atoms with Crippen LogP contribution in [0.5, 0.6) is 0 Å². The van der Waals surface area contributed by atoms with Crippen LogP contribution in [0.1, 0.15) is 11.4 Å². The molecule has 6 nitrogen and oxygen atoms in total. The van der Waals surface area contributed by atoms with Crippen LogP contribution in [0.15, 0.2) is 41.2 Å². The number of anilines is 1. The summed E-state index contributed by atoms with van der Waals surface area (Å²) in [6, 6.07) is 7.50. The van der Waals surface area contributed by atoms with Gasteiger partial charge in [0.25, 0.3) is 5.89 Å². The number of hydrogen-bond acceptors (Lipinski definition) is 6. The van der Waals surface area contributed by atoms with E-state index in [4.69, 9.17) is 21.9 Å². The quantitative estimate of drug-likeness (QED) is 0.795. The van der Waals surface area contributed by atoms with E-state index in [-0.39, 0.29) is 11.7 Å². The molecule has 3 rings (SSSR count). The molecule has 0 spiro atoms. The molecule has 0 aliphatic heterocycles. The Bertz CT molecular complexity index is 743. The molecule has 0 atom stereocenters. The number of hydrogen-bond donors (Lipinski definition) is 1. The van der Waals surface area contributed by atoms with Crippen LogP contribution >= 0.6 is 11.6 Å². The predicted octanol–water partition coefficient (Wildman–Crippen LogP) is 2.35. The Morgan fingerprint density at radius 1 is 1.15 bits per heavy atom. The van der Waals surface area contributed by atoms with Crippen molar-refractivity contribution in [3.8, 4) is 11.6 Å². The summed E-state index contributed by atoms with van der Waals surface area (Å²) < 4.78 is 5.16. The van der Waals surface area contributed by atoms with Crippen molar-refractivity contribution < 1.29 is 4.52 Å². The minimum atomic E-state index is 0.248. The van der Waals surface area contributed by atoms with Crippen molar-refractivity contribution in [3.05, 3.63) is 53.1 Å². The molecule has 0 radical (unpaired) electrons. The summed E-state index contributed by atoms with van der Waals surface area (Å²) >= 11 is 6.09. The van der Waals surface area contributed by atoms with Gasteiger partial charge in [0.15, 0.2) is 17.3 Å². The minimum Gasteiger partial charge on any atom is -0.382 e. The zero-order valence-corrected chi connectivity index (χ0v) is 11.1. The molecule has 7 heteroatoms. The molecule has 3 aromatic rings. The molecule has 2 N–H and O–H groups in total. The van der Waals surface area contributed by atoms with Crippen molar-refractivity contribution in [3.63, 3.8) is 0 Å². The van der Waals surface area contributed by atoms with E-state index in [0.29, 0.717) is 23.0 Å². The highest BCUT2D eigenvalue weighted by Crippen LogP contribution is 2.21. The van der Waals surface area contributed by atoms with Gasteiger partial charge in [0.05, 0.1) is 0 Å². The van der Waals surface area contributed by atoms with Gasteiger partial charge in [-0.3, -0.25) is 0 Å². The zero-order valence-electron chi connectivity index (χ0n) is 10.3. The second-order valence-corrected chi connectivity index (χ2v) is 4.48. The Kier molecular flexibility index (Phi) is 3.30. The second kappa shape index (κ2) is 5.26. The average molecular weight is 288 g/mol. The maximum atomic E-state index is 6.09. The third-order valence-corrected chi connectivity index (χ3v) is 3.07. The molecule has 0 saturated carbocycles. The molecule has 0 aliphatic carbocycles. The van der Waals surface area contributed by atoms with E-state index in [1.54, 1.807) is 0 Å². The van der Waals surface area contributed by atoms with Crippen molar-refractivity contribution in [2.75, 3.05) is 5.73 Å². The number of nitrogens with zero attached hydrogens (tertiary/aromatic N) is 4. The molecule has 0 fully saturated rings. The van der Waals surface area contributed by atoms with Gasteiger partial charge < -0.3 is 10.3 Å². The van der Waals surface area contributed by atoms with Crippen molar-refractivity contribution in [2.24, 2.45) is 0 Å². The fourth-order valence-corrected chi connectivity index (χ4v) is 1.95. The van der Waals surface area contributed by atoms with E-state index in [2.05, 4.69) is 20.1 Å². The number of halogens is 1. The first kappa shape index (κ1) is 12.6. The normalized spacial score (nSPS) is 10.7. The molecule has 0 bridgehead atoms. The van der Waals surface area contributed by atoms with Gasteiger partial charge >= 0.3 is 0 Å². The summed E-state index contributed by atoms with van der Waals surface area (Å²) in [6.45, 7) is 0. The van der Waals surface area contributed by atoms with Gasteiger partial charge in [-0.1, -0.05) is 35.0 Å². The first-order valence-electron chi connectivity index (χ1n) is 5.87. The summed E-state index contributed by atoms with van der Waals surface area (Å²) in [5.41, 5.74) is 7.02. The number of rotatable bonds is 3. The van der Waals surface area contributed by atoms with Crippen molar-refractivity contribution >= 4 is 17.4 Å².